The van der Waals surface area contributed by atoms with Crippen molar-refractivity contribution in [1.29, 1.82) is 10.5 Å². The summed E-state index contributed by atoms with van der Waals surface area (Å²) in [6, 6.07) is 12.5. The molecule has 0 bridgehead atoms. The van der Waals surface area contributed by atoms with Crippen molar-refractivity contribution in [3.05, 3.63) is 84.3 Å². The molecule has 0 unspecified atom stereocenters. The SMILES string of the molecule is Cc1ccc(C)c(-n2c(=C(C#N)C#N)s/c(=C/c3ccc(F)c(F)c3)c2=O)c1. The Hall–Kier alpha value is -3.55. The average molecular weight is 393 g/mol. The third-order valence-electron chi connectivity index (χ3n) is 4.11. The van der Waals surface area contributed by atoms with Crippen LogP contribution < -0.4 is 14.8 Å². The molecule has 138 valence electrons. The number of rotatable bonds is 2. The van der Waals surface area contributed by atoms with E-state index in [4.69, 9.17) is 0 Å². The number of aryl methyl sites for hydroxylation is 2. The number of hydrogen-bond donors (Lipinski definition) is 0. The minimum Gasteiger partial charge on any atom is -0.267 e. The van der Waals surface area contributed by atoms with Crippen molar-refractivity contribution in [3.63, 3.8) is 0 Å². The lowest BCUT2D eigenvalue weighted by atomic mass is 10.1. The summed E-state index contributed by atoms with van der Waals surface area (Å²) in [5.74, 6) is -2.01. The third kappa shape index (κ3) is 3.48. The first-order valence-corrected chi connectivity index (χ1v) is 8.98. The van der Waals surface area contributed by atoms with Crippen molar-refractivity contribution < 1.29 is 8.78 Å². The van der Waals surface area contributed by atoms with Gasteiger partial charge >= 0.3 is 0 Å². The van der Waals surface area contributed by atoms with Crippen LogP contribution in [0.2, 0.25) is 0 Å². The minimum atomic E-state index is -1.03. The van der Waals surface area contributed by atoms with Crippen LogP contribution in [0.4, 0.5) is 8.78 Å². The van der Waals surface area contributed by atoms with Gasteiger partial charge in [0.25, 0.3) is 5.56 Å². The lowest BCUT2D eigenvalue weighted by Gasteiger charge is -2.07. The van der Waals surface area contributed by atoms with Crippen LogP contribution in [0.5, 0.6) is 0 Å². The van der Waals surface area contributed by atoms with Crippen LogP contribution in [0, 0.1) is 48.1 Å². The summed E-state index contributed by atoms with van der Waals surface area (Å²) in [7, 11) is 0. The molecule has 0 spiro atoms. The van der Waals surface area contributed by atoms with Gasteiger partial charge in [-0.2, -0.15) is 10.5 Å². The van der Waals surface area contributed by atoms with Crippen LogP contribution in [-0.2, 0) is 0 Å². The van der Waals surface area contributed by atoms with Crippen molar-refractivity contribution >= 4 is 23.0 Å². The van der Waals surface area contributed by atoms with E-state index in [-0.39, 0.29) is 14.8 Å². The molecular formula is C21H13F2N3OS. The molecule has 0 saturated heterocycles. The smallest absolute Gasteiger partial charge is 0.267 e. The third-order valence-corrected chi connectivity index (χ3v) is 5.20. The molecule has 28 heavy (non-hydrogen) atoms. The van der Waals surface area contributed by atoms with Gasteiger partial charge < -0.3 is 0 Å². The van der Waals surface area contributed by atoms with Gasteiger partial charge in [0, 0.05) is 0 Å². The van der Waals surface area contributed by atoms with Gasteiger partial charge in [0.2, 0.25) is 0 Å². The zero-order chi connectivity index (χ0) is 20.4. The Labute approximate surface area is 163 Å². The fourth-order valence-electron chi connectivity index (χ4n) is 2.70. The Morgan fingerprint density at radius 1 is 1.07 bits per heavy atom. The monoisotopic (exact) mass is 393 g/mol. The van der Waals surface area contributed by atoms with Crippen LogP contribution >= 0.6 is 11.3 Å². The molecule has 0 radical (unpaired) electrons. The Balaban J connectivity index is 2.43. The summed E-state index contributed by atoms with van der Waals surface area (Å²) < 4.78 is 28.4. The highest BCUT2D eigenvalue weighted by Crippen LogP contribution is 2.14. The maximum atomic E-state index is 13.5. The van der Waals surface area contributed by atoms with Crippen molar-refractivity contribution in [2.75, 3.05) is 0 Å². The van der Waals surface area contributed by atoms with E-state index in [1.54, 1.807) is 6.07 Å². The number of aromatic nitrogens is 1. The van der Waals surface area contributed by atoms with Gasteiger partial charge in [0.05, 0.1) is 10.2 Å². The van der Waals surface area contributed by atoms with E-state index in [0.717, 1.165) is 34.6 Å². The van der Waals surface area contributed by atoms with E-state index in [1.165, 1.54) is 16.7 Å². The summed E-state index contributed by atoms with van der Waals surface area (Å²) in [6.45, 7) is 3.69. The van der Waals surface area contributed by atoms with Gasteiger partial charge in [-0.15, -0.1) is 11.3 Å². The second kappa shape index (κ2) is 7.59. The molecule has 0 saturated carbocycles. The van der Waals surface area contributed by atoms with Crippen molar-refractivity contribution in [2.24, 2.45) is 0 Å². The number of thiazole rings is 1. The van der Waals surface area contributed by atoms with Gasteiger partial charge in [-0.1, -0.05) is 18.2 Å². The Bertz CT molecular complexity index is 1340. The van der Waals surface area contributed by atoms with Gasteiger partial charge in [0.1, 0.15) is 16.8 Å². The van der Waals surface area contributed by atoms with Gasteiger partial charge in [-0.05, 0) is 54.8 Å². The molecule has 4 nitrogen and oxygen atoms in total. The summed E-state index contributed by atoms with van der Waals surface area (Å²) in [5.41, 5.74) is 1.92. The zero-order valence-corrected chi connectivity index (χ0v) is 15.8. The molecule has 0 fully saturated rings. The van der Waals surface area contributed by atoms with E-state index >= 15 is 0 Å². The Morgan fingerprint density at radius 3 is 2.43 bits per heavy atom. The van der Waals surface area contributed by atoms with E-state index in [2.05, 4.69) is 0 Å². The predicted molar refractivity (Wildman–Crippen MR) is 103 cm³/mol. The highest BCUT2D eigenvalue weighted by molar-refractivity contribution is 7.07. The first-order chi connectivity index (χ1) is 13.3. The van der Waals surface area contributed by atoms with Crippen molar-refractivity contribution in [1.82, 2.24) is 4.57 Å². The number of nitriles is 2. The van der Waals surface area contributed by atoms with Crippen molar-refractivity contribution in [3.8, 4) is 17.8 Å². The molecule has 2 aromatic carbocycles. The molecular weight excluding hydrogens is 380 g/mol. The van der Waals surface area contributed by atoms with Crippen molar-refractivity contribution in [2.45, 2.75) is 13.8 Å². The molecule has 3 aromatic rings. The second-order valence-electron chi connectivity index (χ2n) is 6.12. The quantitative estimate of drug-likeness (QED) is 0.672. The van der Waals surface area contributed by atoms with Crippen LogP contribution in [0.15, 0.2) is 41.2 Å². The highest BCUT2D eigenvalue weighted by Gasteiger charge is 2.13. The molecule has 0 aliphatic rings. The topological polar surface area (TPSA) is 69.6 Å². The van der Waals surface area contributed by atoms with Gasteiger partial charge in [0.15, 0.2) is 17.2 Å². The number of halogens is 2. The minimum absolute atomic E-state index is 0.192. The number of benzene rings is 2. The van der Waals surface area contributed by atoms with Crippen LogP contribution in [0.1, 0.15) is 16.7 Å². The molecule has 7 heteroatoms. The molecule has 1 aromatic heterocycles. The fraction of sp³-hybridized carbons (Fsp3) is 0.0952. The van der Waals surface area contributed by atoms with E-state index in [1.807, 2.05) is 38.1 Å². The summed E-state index contributed by atoms with van der Waals surface area (Å²) in [6.07, 6.45) is 1.41. The van der Waals surface area contributed by atoms with E-state index in [0.29, 0.717) is 11.3 Å². The van der Waals surface area contributed by atoms with Crippen LogP contribution in [0.25, 0.3) is 17.3 Å². The van der Waals surface area contributed by atoms with Crippen LogP contribution in [-0.4, -0.2) is 4.57 Å². The Morgan fingerprint density at radius 2 is 1.79 bits per heavy atom. The second-order valence-corrected chi connectivity index (χ2v) is 7.15. The lowest BCUT2D eigenvalue weighted by Crippen LogP contribution is -2.31. The zero-order valence-electron chi connectivity index (χ0n) is 15.0. The first kappa shape index (κ1) is 19.2. The van der Waals surface area contributed by atoms with E-state index < -0.39 is 17.2 Å². The highest BCUT2D eigenvalue weighted by atomic mass is 32.1. The molecule has 1 heterocycles. The summed E-state index contributed by atoms with van der Waals surface area (Å²) in [5, 5.41) is 18.6. The molecule has 0 aliphatic heterocycles. The number of hydrogen-bond acceptors (Lipinski definition) is 4. The molecule has 0 amide bonds. The normalized spacial score (nSPS) is 11.1. The molecule has 0 aliphatic carbocycles. The molecule has 0 N–H and O–H groups in total. The largest absolute Gasteiger partial charge is 0.273 e. The van der Waals surface area contributed by atoms with E-state index in [9.17, 15) is 24.1 Å². The van der Waals surface area contributed by atoms with Crippen LogP contribution in [0.3, 0.4) is 0 Å². The summed E-state index contributed by atoms with van der Waals surface area (Å²) >= 11 is 0.954. The molecule has 3 rings (SSSR count). The average Bonchev–Trinajstić information content (AvgIpc) is 2.97. The maximum Gasteiger partial charge on any atom is 0.273 e. The Kier molecular flexibility index (Phi) is 5.21. The maximum absolute atomic E-state index is 13.5. The van der Waals surface area contributed by atoms with Gasteiger partial charge in [-0.3, -0.25) is 9.36 Å². The predicted octanol–water partition coefficient (Wildman–Crippen LogP) is 2.82. The molecule has 0 atom stereocenters. The number of nitrogens with zero attached hydrogens (tertiary/aromatic N) is 3. The summed E-state index contributed by atoms with van der Waals surface area (Å²) in [4.78, 5) is 13.1. The van der Waals surface area contributed by atoms with Gasteiger partial charge in [-0.25, -0.2) is 8.78 Å². The standard InChI is InChI=1S/C21H13F2N3OS/c1-12-3-4-13(2)18(7-12)26-20(27)19(28-21(26)15(10-24)11-25)9-14-5-6-16(22)17(23)8-14/h3-9H,1-2H3/b19-9+. The first-order valence-electron chi connectivity index (χ1n) is 8.16. The lowest BCUT2D eigenvalue weighted by molar-refractivity contribution is 0.508. The fourth-order valence-corrected chi connectivity index (χ4v) is 3.75.